The molecule has 3 heterocycles. The fourth-order valence-electron chi connectivity index (χ4n) is 3.94. The molecule has 1 fully saturated rings. The molecule has 4 rings (SSSR count). The normalized spacial score (nSPS) is 15.3. The summed E-state index contributed by atoms with van der Waals surface area (Å²) in [6.07, 6.45) is 4.51. The molecule has 0 radical (unpaired) electrons. The molecule has 0 atom stereocenters. The average Bonchev–Trinajstić information content (AvgIpc) is 3.16. The van der Waals surface area contributed by atoms with Gasteiger partial charge in [0.2, 0.25) is 0 Å². The van der Waals surface area contributed by atoms with Gasteiger partial charge in [0.05, 0.1) is 18.9 Å². The fraction of sp³-hybridized carbons (Fsp3) is 0.333. The van der Waals surface area contributed by atoms with Gasteiger partial charge in [0.25, 0.3) is 5.91 Å². The molecule has 0 aliphatic carbocycles. The average molecular weight is 367 g/mol. The van der Waals surface area contributed by atoms with Crippen molar-refractivity contribution in [3.05, 3.63) is 59.2 Å². The van der Waals surface area contributed by atoms with Crippen molar-refractivity contribution in [1.29, 1.82) is 0 Å². The number of carbonyl (C=O) groups excluding carboxylic acids is 1. The molecule has 0 unspecified atom stereocenters. The summed E-state index contributed by atoms with van der Waals surface area (Å²) in [6.45, 7) is 3.15. The van der Waals surface area contributed by atoms with Crippen LogP contribution in [0.15, 0.2) is 36.7 Å². The minimum absolute atomic E-state index is 0.0349. The van der Waals surface area contributed by atoms with E-state index < -0.39 is 0 Å². The van der Waals surface area contributed by atoms with Crippen molar-refractivity contribution < 1.29 is 13.9 Å². The molecule has 3 aromatic rings. The summed E-state index contributed by atoms with van der Waals surface area (Å²) in [6, 6.07) is 7.47. The van der Waals surface area contributed by atoms with Crippen LogP contribution in [0.1, 0.15) is 40.2 Å². The first-order valence-electron chi connectivity index (χ1n) is 9.14. The molecule has 0 saturated carbocycles. The minimum Gasteiger partial charge on any atom is -0.496 e. The van der Waals surface area contributed by atoms with Crippen molar-refractivity contribution >= 4 is 16.9 Å². The Bertz CT molecular complexity index is 990. The number of aromatic amines is 1. The predicted molar refractivity (Wildman–Crippen MR) is 102 cm³/mol. The molecule has 1 saturated heterocycles. The van der Waals surface area contributed by atoms with Crippen LogP contribution < -0.4 is 4.74 Å². The Labute approximate surface area is 157 Å². The maximum atomic E-state index is 14.5. The number of likely N-dealkylation sites (tertiary alicyclic amines) is 1. The number of ether oxygens (including phenoxy) is 1. The molecule has 1 N–H and O–H groups in total. The van der Waals surface area contributed by atoms with Crippen molar-refractivity contribution in [3.63, 3.8) is 0 Å². The number of hydrogen-bond acceptors (Lipinski definition) is 3. The highest BCUT2D eigenvalue weighted by Crippen LogP contribution is 2.35. The molecule has 2 aromatic heterocycles. The zero-order valence-corrected chi connectivity index (χ0v) is 15.5. The van der Waals surface area contributed by atoms with Crippen LogP contribution in [0, 0.1) is 12.7 Å². The third-order valence-corrected chi connectivity index (χ3v) is 5.36. The van der Waals surface area contributed by atoms with E-state index in [2.05, 4.69) is 9.97 Å². The highest BCUT2D eigenvalue weighted by Gasteiger charge is 2.28. The lowest BCUT2D eigenvalue weighted by atomic mass is 9.87. The lowest BCUT2D eigenvalue weighted by Crippen LogP contribution is -2.38. The number of amides is 1. The van der Waals surface area contributed by atoms with Gasteiger partial charge in [-0.05, 0) is 49.4 Å². The largest absolute Gasteiger partial charge is 0.496 e. The van der Waals surface area contributed by atoms with E-state index in [9.17, 15) is 9.18 Å². The van der Waals surface area contributed by atoms with Crippen molar-refractivity contribution in [2.45, 2.75) is 25.7 Å². The Kier molecular flexibility index (Phi) is 4.56. The molecular formula is C21H22FN3O2. The van der Waals surface area contributed by atoms with Crippen molar-refractivity contribution in [2.24, 2.45) is 0 Å². The van der Waals surface area contributed by atoms with Gasteiger partial charge in [-0.15, -0.1) is 0 Å². The van der Waals surface area contributed by atoms with Gasteiger partial charge >= 0.3 is 0 Å². The first-order valence-corrected chi connectivity index (χ1v) is 9.14. The van der Waals surface area contributed by atoms with E-state index in [0.717, 1.165) is 23.8 Å². The second-order valence-electron chi connectivity index (χ2n) is 7.03. The number of piperidine rings is 1. The number of nitrogens with one attached hydrogen (secondary N) is 1. The van der Waals surface area contributed by atoms with E-state index in [0.29, 0.717) is 35.6 Å². The molecule has 0 bridgehead atoms. The number of benzene rings is 1. The summed E-state index contributed by atoms with van der Waals surface area (Å²) < 4.78 is 19.8. The number of rotatable bonds is 3. The fourth-order valence-corrected chi connectivity index (χ4v) is 3.94. The van der Waals surface area contributed by atoms with Gasteiger partial charge in [-0.3, -0.25) is 4.79 Å². The lowest BCUT2D eigenvalue weighted by Gasteiger charge is -2.33. The number of nitrogens with zero attached hydrogens (tertiary/aromatic N) is 2. The van der Waals surface area contributed by atoms with Gasteiger partial charge in [0.15, 0.2) is 0 Å². The summed E-state index contributed by atoms with van der Waals surface area (Å²) in [7, 11) is 1.58. The van der Waals surface area contributed by atoms with Crippen molar-refractivity contribution in [1.82, 2.24) is 14.9 Å². The topological polar surface area (TPSA) is 58.2 Å². The van der Waals surface area contributed by atoms with Gasteiger partial charge in [-0.25, -0.2) is 9.37 Å². The van der Waals surface area contributed by atoms with Crippen LogP contribution in [-0.2, 0) is 0 Å². The van der Waals surface area contributed by atoms with Crippen LogP contribution >= 0.6 is 0 Å². The van der Waals surface area contributed by atoms with Gasteiger partial charge in [-0.1, -0.05) is 6.07 Å². The number of H-pyrrole nitrogens is 1. The molecule has 27 heavy (non-hydrogen) atoms. The van der Waals surface area contributed by atoms with E-state index in [1.54, 1.807) is 13.3 Å². The third kappa shape index (κ3) is 3.16. The standard InChI is InChI=1S/C21H22FN3O2/c1-13-3-4-15(18(11-13)27-2)21(26)25-9-6-14(7-10-25)19-16-5-8-23-20(16)24-12-17(19)22/h3-5,8,11-12,14H,6-7,9-10H2,1-2H3,(H,23,24). The first-order chi connectivity index (χ1) is 13.1. The second-order valence-corrected chi connectivity index (χ2v) is 7.03. The zero-order valence-electron chi connectivity index (χ0n) is 15.5. The summed E-state index contributed by atoms with van der Waals surface area (Å²) >= 11 is 0. The van der Waals surface area contributed by atoms with Crippen LogP contribution in [0.5, 0.6) is 5.75 Å². The van der Waals surface area contributed by atoms with Crippen molar-refractivity contribution in [2.75, 3.05) is 20.2 Å². The van der Waals surface area contributed by atoms with Gasteiger partial charge < -0.3 is 14.6 Å². The van der Waals surface area contributed by atoms with E-state index in [1.807, 2.05) is 36.1 Å². The Hall–Kier alpha value is -2.89. The molecular weight excluding hydrogens is 345 g/mol. The van der Waals surface area contributed by atoms with Gasteiger partial charge in [0.1, 0.15) is 17.2 Å². The number of fused-ring (bicyclic) bond motifs is 1. The molecule has 0 spiro atoms. The lowest BCUT2D eigenvalue weighted by molar-refractivity contribution is 0.0709. The van der Waals surface area contributed by atoms with Crippen LogP contribution in [0.2, 0.25) is 0 Å². The molecule has 1 aliphatic heterocycles. The Morgan fingerprint density at radius 3 is 2.81 bits per heavy atom. The Morgan fingerprint density at radius 2 is 2.07 bits per heavy atom. The predicted octanol–water partition coefficient (Wildman–Crippen LogP) is 4.04. The zero-order chi connectivity index (χ0) is 19.0. The molecule has 140 valence electrons. The molecule has 1 aliphatic rings. The van der Waals surface area contributed by atoms with Gasteiger partial charge in [-0.2, -0.15) is 0 Å². The quantitative estimate of drug-likeness (QED) is 0.760. The first kappa shape index (κ1) is 17.5. The summed E-state index contributed by atoms with van der Waals surface area (Å²) in [5.74, 6) is 0.367. The monoisotopic (exact) mass is 367 g/mol. The maximum Gasteiger partial charge on any atom is 0.257 e. The van der Waals surface area contributed by atoms with E-state index in [-0.39, 0.29) is 17.6 Å². The van der Waals surface area contributed by atoms with Crippen LogP contribution in [0.4, 0.5) is 4.39 Å². The molecule has 1 amide bonds. The number of pyridine rings is 1. The molecule has 1 aromatic carbocycles. The number of aryl methyl sites for hydroxylation is 1. The van der Waals surface area contributed by atoms with E-state index in [4.69, 9.17) is 4.74 Å². The van der Waals surface area contributed by atoms with E-state index >= 15 is 0 Å². The molecule has 6 heteroatoms. The van der Waals surface area contributed by atoms with Crippen molar-refractivity contribution in [3.8, 4) is 5.75 Å². The number of hydrogen-bond donors (Lipinski definition) is 1. The van der Waals surface area contributed by atoms with Crippen LogP contribution in [-0.4, -0.2) is 41.0 Å². The Balaban J connectivity index is 1.53. The minimum atomic E-state index is -0.271. The smallest absolute Gasteiger partial charge is 0.257 e. The SMILES string of the molecule is COc1cc(C)ccc1C(=O)N1CCC(c2c(F)cnc3[nH]ccc23)CC1. The number of carbonyl (C=O) groups is 1. The number of halogens is 1. The third-order valence-electron chi connectivity index (χ3n) is 5.36. The second kappa shape index (κ2) is 7.02. The van der Waals surface area contributed by atoms with Crippen LogP contribution in [0.25, 0.3) is 11.0 Å². The highest BCUT2D eigenvalue weighted by atomic mass is 19.1. The van der Waals surface area contributed by atoms with Crippen LogP contribution in [0.3, 0.4) is 0 Å². The summed E-state index contributed by atoms with van der Waals surface area (Å²) in [4.78, 5) is 21.9. The Morgan fingerprint density at radius 1 is 1.30 bits per heavy atom. The number of aromatic nitrogens is 2. The number of methoxy groups -OCH3 is 1. The summed E-state index contributed by atoms with van der Waals surface area (Å²) in [5, 5.41) is 0.833. The van der Waals surface area contributed by atoms with Gasteiger partial charge in [0, 0.05) is 30.2 Å². The summed E-state index contributed by atoms with van der Waals surface area (Å²) in [5.41, 5.74) is 3.03. The molecule has 5 nitrogen and oxygen atoms in total. The van der Waals surface area contributed by atoms with E-state index in [1.165, 1.54) is 6.20 Å². The maximum absolute atomic E-state index is 14.5. The highest BCUT2D eigenvalue weighted by molar-refractivity contribution is 5.97.